The minimum absolute atomic E-state index is 0.0819. The number of ether oxygens (including phenoxy) is 2. The third-order valence-electron chi connectivity index (χ3n) is 3.79. The van der Waals surface area contributed by atoms with Crippen LogP contribution in [-0.4, -0.2) is 36.2 Å². The van der Waals surface area contributed by atoms with E-state index in [0.29, 0.717) is 5.76 Å². The van der Waals surface area contributed by atoms with Crippen molar-refractivity contribution in [2.24, 2.45) is 0 Å². The number of rotatable bonds is 6. The molecule has 1 atom stereocenters. The first-order chi connectivity index (χ1) is 13.5. The molecule has 0 aromatic carbocycles. The van der Waals surface area contributed by atoms with Gasteiger partial charge in [-0.05, 0) is 31.2 Å². The first-order valence-electron chi connectivity index (χ1n) is 8.29. The Labute approximate surface area is 164 Å². The molecule has 2 N–H and O–H groups in total. The van der Waals surface area contributed by atoms with Gasteiger partial charge in [0.2, 0.25) is 0 Å². The van der Waals surface area contributed by atoms with Gasteiger partial charge in [0.1, 0.15) is 23.6 Å². The first kappa shape index (κ1) is 19.4. The Morgan fingerprint density at radius 1 is 1.25 bits per heavy atom. The SMILES string of the molecule is CCOC(=O)C1=C(COC(=O)c2ccc(Cl)nc2)NC(=O)NC1c1ccco1. The number of carbonyl (C=O) groups excluding carboxylic acids is 3. The van der Waals surface area contributed by atoms with E-state index >= 15 is 0 Å². The highest BCUT2D eigenvalue weighted by atomic mass is 35.5. The lowest BCUT2D eigenvalue weighted by Crippen LogP contribution is -2.47. The highest BCUT2D eigenvalue weighted by Crippen LogP contribution is 2.28. The fourth-order valence-electron chi connectivity index (χ4n) is 2.57. The molecule has 10 heteroatoms. The summed E-state index contributed by atoms with van der Waals surface area (Å²) in [5.74, 6) is -1.03. The van der Waals surface area contributed by atoms with Gasteiger partial charge in [0, 0.05) is 6.20 Å². The molecule has 28 heavy (non-hydrogen) atoms. The number of urea groups is 1. The van der Waals surface area contributed by atoms with Crippen LogP contribution in [0.1, 0.15) is 29.1 Å². The van der Waals surface area contributed by atoms with Gasteiger partial charge < -0.3 is 24.5 Å². The van der Waals surface area contributed by atoms with Crippen LogP contribution in [0.4, 0.5) is 4.79 Å². The molecule has 0 bridgehead atoms. The molecule has 0 saturated carbocycles. The van der Waals surface area contributed by atoms with Gasteiger partial charge in [0.05, 0.1) is 29.7 Å². The van der Waals surface area contributed by atoms with Crippen molar-refractivity contribution in [3.05, 3.63) is 64.5 Å². The lowest BCUT2D eigenvalue weighted by atomic mass is 10.0. The van der Waals surface area contributed by atoms with Crippen LogP contribution in [0.25, 0.3) is 0 Å². The molecule has 0 aliphatic carbocycles. The average Bonchev–Trinajstić information content (AvgIpc) is 3.21. The summed E-state index contributed by atoms with van der Waals surface area (Å²) >= 11 is 5.69. The van der Waals surface area contributed by atoms with Gasteiger partial charge >= 0.3 is 18.0 Å². The normalized spacial score (nSPS) is 16.2. The lowest BCUT2D eigenvalue weighted by Gasteiger charge is -2.27. The van der Waals surface area contributed by atoms with Crippen molar-refractivity contribution in [2.45, 2.75) is 13.0 Å². The van der Waals surface area contributed by atoms with E-state index in [-0.39, 0.29) is 35.2 Å². The number of carbonyl (C=O) groups is 3. The quantitative estimate of drug-likeness (QED) is 0.559. The first-order valence-corrected chi connectivity index (χ1v) is 8.67. The van der Waals surface area contributed by atoms with Crippen molar-refractivity contribution < 1.29 is 28.3 Å². The van der Waals surface area contributed by atoms with Crippen molar-refractivity contribution in [2.75, 3.05) is 13.2 Å². The largest absolute Gasteiger partial charge is 0.467 e. The highest BCUT2D eigenvalue weighted by Gasteiger charge is 2.35. The topological polar surface area (TPSA) is 120 Å². The molecular formula is C18H16ClN3O6. The number of nitrogens with zero attached hydrogens (tertiary/aromatic N) is 1. The number of hydrogen-bond acceptors (Lipinski definition) is 7. The van der Waals surface area contributed by atoms with E-state index in [1.807, 2.05) is 0 Å². The molecule has 1 aliphatic rings. The zero-order valence-electron chi connectivity index (χ0n) is 14.7. The molecule has 0 spiro atoms. The summed E-state index contributed by atoms with van der Waals surface area (Å²) < 4.78 is 15.6. The fraction of sp³-hybridized carbons (Fsp3) is 0.222. The Morgan fingerprint density at radius 2 is 2.07 bits per heavy atom. The number of aromatic nitrogens is 1. The number of esters is 2. The standard InChI is InChI=1S/C18H16ClN3O6/c1-2-26-17(24)14-11(9-28-16(23)10-5-6-13(19)20-8-10)21-18(25)22-15(14)12-4-3-7-27-12/h3-8,15H,2,9H2,1H3,(H2,21,22,25). The predicted octanol–water partition coefficient (Wildman–Crippen LogP) is 2.36. The van der Waals surface area contributed by atoms with Crippen LogP contribution >= 0.6 is 11.6 Å². The molecule has 0 saturated heterocycles. The number of furan rings is 1. The van der Waals surface area contributed by atoms with Crippen molar-refractivity contribution in [1.82, 2.24) is 15.6 Å². The maximum absolute atomic E-state index is 12.5. The number of hydrogen-bond donors (Lipinski definition) is 2. The second-order valence-corrected chi connectivity index (χ2v) is 5.99. The Morgan fingerprint density at radius 3 is 2.71 bits per heavy atom. The van der Waals surface area contributed by atoms with Crippen LogP contribution in [0.3, 0.4) is 0 Å². The van der Waals surface area contributed by atoms with Crippen molar-refractivity contribution >= 4 is 29.6 Å². The molecule has 3 heterocycles. The highest BCUT2D eigenvalue weighted by molar-refractivity contribution is 6.29. The van der Waals surface area contributed by atoms with Crippen LogP contribution < -0.4 is 10.6 Å². The van der Waals surface area contributed by atoms with Gasteiger partial charge in [0.25, 0.3) is 0 Å². The van der Waals surface area contributed by atoms with Crippen LogP contribution in [0, 0.1) is 0 Å². The third kappa shape index (κ3) is 4.32. The zero-order chi connectivity index (χ0) is 20.1. The molecule has 2 aromatic rings. The van der Waals surface area contributed by atoms with E-state index in [1.165, 1.54) is 24.6 Å². The number of pyridine rings is 1. The van der Waals surface area contributed by atoms with E-state index in [1.54, 1.807) is 19.1 Å². The summed E-state index contributed by atoms with van der Waals surface area (Å²) in [5.41, 5.74) is 0.350. The summed E-state index contributed by atoms with van der Waals surface area (Å²) in [6.45, 7) is 1.42. The molecule has 1 unspecified atom stereocenters. The number of nitrogens with one attached hydrogen (secondary N) is 2. The third-order valence-corrected chi connectivity index (χ3v) is 4.01. The van der Waals surface area contributed by atoms with Gasteiger partial charge in [-0.15, -0.1) is 0 Å². The van der Waals surface area contributed by atoms with E-state index in [9.17, 15) is 14.4 Å². The molecule has 1 aliphatic heterocycles. The minimum Gasteiger partial charge on any atom is -0.467 e. The van der Waals surface area contributed by atoms with Crippen LogP contribution in [0.5, 0.6) is 0 Å². The van der Waals surface area contributed by atoms with Crippen LogP contribution in [-0.2, 0) is 14.3 Å². The monoisotopic (exact) mass is 405 g/mol. The summed E-state index contributed by atoms with van der Waals surface area (Å²) in [7, 11) is 0. The Kier molecular flexibility index (Phi) is 5.95. The molecule has 146 valence electrons. The van der Waals surface area contributed by atoms with Gasteiger partial charge in [-0.1, -0.05) is 11.6 Å². The maximum Gasteiger partial charge on any atom is 0.340 e. The Hall–Kier alpha value is -3.33. The Bertz CT molecular complexity index is 908. The zero-order valence-corrected chi connectivity index (χ0v) is 15.5. The fourth-order valence-corrected chi connectivity index (χ4v) is 2.68. The number of amides is 2. The van der Waals surface area contributed by atoms with E-state index < -0.39 is 24.0 Å². The van der Waals surface area contributed by atoms with Gasteiger partial charge in [0.15, 0.2) is 0 Å². The molecule has 0 fully saturated rings. The molecule has 3 rings (SSSR count). The molecule has 9 nitrogen and oxygen atoms in total. The molecule has 2 aromatic heterocycles. The molecular weight excluding hydrogens is 390 g/mol. The Balaban J connectivity index is 1.87. The predicted molar refractivity (Wildman–Crippen MR) is 96.3 cm³/mol. The second-order valence-electron chi connectivity index (χ2n) is 5.61. The molecule has 2 amide bonds. The number of halogens is 1. The smallest absolute Gasteiger partial charge is 0.340 e. The van der Waals surface area contributed by atoms with Gasteiger partial charge in [-0.25, -0.2) is 19.4 Å². The summed E-state index contributed by atoms with van der Waals surface area (Å²) in [6.07, 6.45) is 2.68. The van der Waals surface area contributed by atoms with Crippen molar-refractivity contribution in [1.29, 1.82) is 0 Å². The van der Waals surface area contributed by atoms with E-state index in [0.717, 1.165) is 0 Å². The minimum atomic E-state index is -0.881. The van der Waals surface area contributed by atoms with E-state index in [2.05, 4.69) is 15.6 Å². The maximum atomic E-state index is 12.5. The lowest BCUT2D eigenvalue weighted by molar-refractivity contribution is -0.139. The summed E-state index contributed by atoms with van der Waals surface area (Å²) in [4.78, 5) is 40.5. The van der Waals surface area contributed by atoms with E-state index in [4.69, 9.17) is 25.5 Å². The second kappa shape index (κ2) is 8.57. The van der Waals surface area contributed by atoms with Crippen molar-refractivity contribution in [3.8, 4) is 0 Å². The molecule has 0 radical (unpaired) electrons. The summed E-state index contributed by atoms with van der Waals surface area (Å²) in [6, 6.07) is 4.67. The average molecular weight is 406 g/mol. The van der Waals surface area contributed by atoms with Crippen molar-refractivity contribution in [3.63, 3.8) is 0 Å². The van der Waals surface area contributed by atoms with Crippen LogP contribution in [0.15, 0.2) is 52.4 Å². The van der Waals surface area contributed by atoms with Gasteiger partial charge in [-0.2, -0.15) is 0 Å². The van der Waals surface area contributed by atoms with Crippen LogP contribution in [0.2, 0.25) is 5.15 Å². The summed E-state index contributed by atoms with van der Waals surface area (Å²) in [5, 5.41) is 5.32. The van der Waals surface area contributed by atoms with Gasteiger partial charge in [-0.3, -0.25) is 0 Å².